The van der Waals surface area contributed by atoms with Gasteiger partial charge in [-0.3, -0.25) is 4.57 Å². The zero-order chi connectivity index (χ0) is 31.3. The lowest BCUT2D eigenvalue weighted by Crippen LogP contribution is -2.03. The van der Waals surface area contributed by atoms with Gasteiger partial charge in [0.2, 0.25) is 5.95 Å². The minimum Gasteiger partial charge on any atom is -0.308 e. The van der Waals surface area contributed by atoms with Gasteiger partial charge in [-0.1, -0.05) is 121 Å². The van der Waals surface area contributed by atoms with Crippen LogP contribution in [0.1, 0.15) is 0 Å². The van der Waals surface area contributed by atoms with E-state index in [0.717, 1.165) is 38.8 Å². The van der Waals surface area contributed by atoms with Crippen molar-refractivity contribution in [2.45, 2.75) is 0 Å². The van der Waals surface area contributed by atoms with Crippen LogP contribution in [0.3, 0.4) is 0 Å². The number of aromatic nitrogens is 4. The number of nitrogens with zero attached hydrogens (tertiary/aromatic N) is 4. The summed E-state index contributed by atoms with van der Waals surface area (Å²) < 4.78 is 4.74. The van der Waals surface area contributed by atoms with Crippen molar-refractivity contribution in [2.75, 3.05) is 0 Å². The number of rotatable bonds is 3. The summed E-state index contributed by atoms with van der Waals surface area (Å²) in [5.41, 5.74) is 11.1. The SMILES string of the molecule is c1ccc(-c2cccc(-c3nc(-n4c5cccc6c7cccc8c9ccccc9n(c9cccc4c9c65)c78)nc4ccccc34)c2)cc1. The first-order valence-electron chi connectivity index (χ1n) is 16.4. The van der Waals surface area contributed by atoms with Gasteiger partial charge in [0, 0.05) is 37.9 Å². The van der Waals surface area contributed by atoms with Crippen LogP contribution in [-0.2, 0) is 0 Å². The standard InChI is InChI=1S/C44H26N4/c1-2-12-27(13-3-1)28-14-8-15-29(26-28)42-34-17-4-6-21-35(34)45-44(46-42)48-37-23-10-18-31-33-20-9-19-32-30-16-5-7-22-36(30)47(43(32)33)38-24-11-25-39(48)41(38)40(31)37/h1-26H. The van der Waals surface area contributed by atoms with Crippen LogP contribution in [-0.4, -0.2) is 18.9 Å². The fraction of sp³-hybridized carbons (Fsp3) is 0. The van der Waals surface area contributed by atoms with E-state index in [1.165, 1.54) is 54.4 Å². The van der Waals surface area contributed by atoms with E-state index in [0.29, 0.717) is 5.95 Å². The molecule has 0 aliphatic carbocycles. The van der Waals surface area contributed by atoms with Crippen LogP contribution in [0.2, 0.25) is 0 Å². The molecule has 0 unspecified atom stereocenters. The maximum absolute atomic E-state index is 5.42. The maximum atomic E-state index is 5.42. The Hall–Kier alpha value is -6.52. The summed E-state index contributed by atoms with van der Waals surface area (Å²) >= 11 is 0. The van der Waals surface area contributed by atoms with E-state index in [2.05, 4.69) is 167 Å². The summed E-state index contributed by atoms with van der Waals surface area (Å²) in [6.07, 6.45) is 0. The molecule has 4 heteroatoms. The van der Waals surface area contributed by atoms with E-state index in [-0.39, 0.29) is 0 Å². The van der Waals surface area contributed by atoms with Crippen molar-refractivity contribution in [3.8, 4) is 28.3 Å². The molecule has 0 saturated carbocycles. The highest BCUT2D eigenvalue weighted by Gasteiger charge is 2.23. The van der Waals surface area contributed by atoms with E-state index in [9.17, 15) is 0 Å². The lowest BCUT2D eigenvalue weighted by Gasteiger charge is -2.13. The fourth-order valence-electron chi connectivity index (χ4n) is 8.06. The molecule has 0 aliphatic heterocycles. The summed E-state index contributed by atoms with van der Waals surface area (Å²) in [6.45, 7) is 0. The summed E-state index contributed by atoms with van der Waals surface area (Å²) in [7, 11) is 0. The second kappa shape index (κ2) is 9.50. The zero-order valence-corrected chi connectivity index (χ0v) is 25.8. The highest BCUT2D eigenvalue weighted by atomic mass is 15.2. The molecule has 11 aromatic rings. The van der Waals surface area contributed by atoms with Crippen LogP contribution in [0.25, 0.3) is 99.1 Å². The largest absolute Gasteiger partial charge is 0.308 e. The van der Waals surface area contributed by atoms with Crippen LogP contribution >= 0.6 is 0 Å². The number of benzene rings is 7. The Labute approximate surface area is 275 Å². The topological polar surface area (TPSA) is 35.1 Å². The van der Waals surface area contributed by atoms with Gasteiger partial charge in [-0.15, -0.1) is 0 Å². The molecule has 222 valence electrons. The van der Waals surface area contributed by atoms with Crippen molar-refractivity contribution in [3.05, 3.63) is 158 Å². The first kappa shape index (κ1) is 25.6. The molecule has 0 radical (unpaired) electrons. The van der Waals surface area contributed by atoms with Crippen molar-refractivity contribution < 1.29 is 0 Å². The highest BCUT2D eigenvalue weighted by Crippen LogP contribution is 2.44. The average Bonchev–Trinajstić information content (AvgIpc) is 3.64. The Balaban J connectivity index is 1.28. The average molecular weight is 611 g/mol. The normalized spacial score (nSPS) is 12.2. The van der Waals surface area contributed by atoms with Crippen LogP contribution in [0.5, 0.6) is 0 Å². The van der Waals surface area contributed by atoms with Gasteiger partial charge in [-0.2, -0.15) is 0 Å². The van der Waals surface area contributed by atoms with Gasteiger partial charge in [-0.25, -0.2) is 9.97 Å². The molecular formula is C44H26N4. The Bertz CT molecular complexity index is 3060. The number of hydrogen-bond donors (Lipinski definition) is 0. The monoisotopic (exact) mass is 610 g/mol. The molecule has 0 N–H and O–H groups in total. The molecule has 7 aromatic carbocycles. The molecule has 0 amide bonds. The Morgan fingerprint density at radius 2 is 0.958 bits per heavy atom. The van der Waals surface area contributed by atoms with Crippen molar-refractivity contribution in [1.29, 1.82) is 0 Å². The fourth-order valence-corrected chi connectivity index (χ4v) is 8.06. The lowest BCUT2D eigenvalue weighted by molar-refractivity contribution is 1.01. The van der Waals surface area contributed by atoms with Crippen molar-refractivity contribution in [3.63, 3.8) is 0 Å². The Morgan fingerprint density at radius 1 is 0.375 bits per heavy atom. The van der Waals surface area contributed by atoms with Crippen LogP contribution < -0.4 is 0 Å². The van der Waals surface area contributed by atoms with Gasteiger partial charge < -0.3 is 4.40 Å². The van der Waals surface area contributed by atoms with Crippen LogP contribution in [0.4, 0.5) is 0 Å². The van der Waals surface area contributed by atoms with Crippen LogP contribution in [0, 0.1) is 0 Å². The molecule has 4 aromatic heterocycles. The van der Waals surface area contributed by atoms with Crippen molar-refractivity contribution in [2.24, 2.45) is 0 Å². The van der Waals surface area contributed by atoms with Crippen LogP contribution in [0.15, 0.2) is 158 Å². The summed E-state index contributed by atoms with van der Waals surface area (Å²) in [4.78, 5) is 10.7. The lowest BCUT2D eigenvalue weighted by atomic mass is 10.00. The molecule has 4 heterocycles. The summed E-state index contributed by atoms with van der Waals surface area (Å²) in [6, 6.07) is 56.4. The minimum absolute atomic E-state index is 0.666. The van der Waals surface area contributed by atoms with E-state index in [1.54, 1.807) is 0 Å². The quantitative estimate of drug-likeness (QED) is 0.199. The predicted octanol–water partition coefficient (Wildman–Crippen LogP) is 11.2. The highest BCUT2D eigenvalue weighted by molar-refractivity contribution is 6.31. The molecule has 0 spiro atoms. The molecule has 11 rings (SSSR count). The molecule has 0 bridgehead atoms. The number of fused-ring (bicyclic) bond motifs is 6. The molecule has 4 nitrogen and oxygen atoms in total. The molecule has 0 fully saturated rings. The van der Waals surface area contributed by atoms with Gasteiger partial charge in [-0.05, 0) is 52.9 Å². The second-order valence-electron chi connectivity index (χ2n) is 12.6. The minimum atomic E-state index is 0.666. The third-order valence-corrected chi connectivity index (χ3v) is 10.1. The van der Waals surface area contributed by atoms with Gasteiger partial charge >= 0.3 is 0 Å². The number of para-hydroxylation sites is 3. The van der Waals surface area contributed by atoms with Gasteiger partial charge in [0.1, 0.15) is 0 Å². The molecule has 48 heavy (non-hydrogen) atoms. The summed E-state index contributed by atoms with van der Waals surface area (Å²) in [5.74, 6) is 0.666. The van der Waals surface area contributed by atoms with Crippen molar-refractivity contribution >= 4 is 70.8 Å². The van der Waals surface area contributed by atoms with Crippen molar-refractivity contribution in [1.82, 2.24) is 18.9 Å². The van der Waals surface area contributed by atoms with E-state index < -0.39 is 0 Å². The molecule has 0 saturated heterocycles. The molecular weight excluding hydrogens is 585 g/mol. The Morgan fingerprint density at radius 3 is 1.85 bits per heavy atom. The molecule has 0 atom stereocenters. The van der Waals surface area contributed by atoms with Gasteiger partial charge in [0.25, 0.3) is 0 Å². The smallest absolute Gasteiger partial charge is 0.235 e. The van der Waals surface area contributed by atoms with E-state index >= 15 is 0 Å². The van der Waals surface area contributed by atoms with Gasteiger partial charge in [0.05, 0.1) is 38.8 Å². The third-order valence-electron chi connectivity index (χ3n) is 10.1. The first-order valence-corrected chi connectivity index (χ1v) is 16.4. The Kier molecular flexibility index (Phi) is 5.08. The zero-order valence-electron chi connectivity index (χ0n) is 25.8. The second-order valence-corrected chi connectivity index (χ2v) is 12.6. The molecule has 0 aliphatic rings. The summed E-state index contributed by atoms with van der Waals surface area (Å²) in [5, 5.41) is 8.48. The van der Waals surface area contributed by atoms with E-state index in [1.807, 2.05) is 0 Å². The first-order chi connectivity index (χ1) is 23.8. The van der Waals surface area contributed by atoms with Gasteiger partial charge in [0.15, 0.2) is 0 Å². The maximum Gasteiger partial charge on any atom is 0.235 e. The predicted molar refractivity (Wildman–Crippen MR) is 199 cm³/mol. The van der Waals surface area contributed by atoms with E-state index in [4.69, 9.17) is 9.97 Å². The third kappa shape index (κ3) is 3.38. The number of hydrogen-bond acceptors (Lipinski definition) is 2.